The van der Waals surface area contributed by atoms with Gasteiger partial charge in [-0.05, 0) is 55.3 Å². The van der Waals surface area contributed by atoms with E-state index in [4.69, 9.17) is 0 Å². The second-order valence-corrected chi connectivity index (χ2v) is 8.67. The highest BCUT2D eigenvalue weighted by atomic mass is 32.2. The van der Waals surface area contributed by atoms with E-state index in [1.165, 1.54) is 42.5 Å². The number of sulfonamides is 1. The summed E-state index contributed by atoms with van der Waals surface area (Å²) in [5, 5.41) is 13.8. The van der Waals surface area contributed by atoms with E-state index in [2.05, 4.69) is 10.0 Å². The summed E-state index contributed by atoms with van der Waals surface area (Å²) in [7, 11) is -4.02. The molecule has 9 heteroatoms. The standard InChI is InChI=1S/C22H21N3O5S/c1-15-6-3-4-9-21(15)16(2)23-22(26)17-10-12-18(13-11-17)24-31(29,30)20-8-5-7-19(14-20)25(27)28/h3-14,16,24H,1-2H3,(H,23,26). The number of rotatable bonds is 7. The molecule has 0 aliphatic rings. The molecule has 0 saturated carbocycles. The molecule has 1 amide bonds. The van der Waals surface area contributed by atoms with E-state index in [0.717, 1.165) is 17.2 Å². The Kier molecular flexibility index (Phi) is 6.36. The zero-order valence-corrected chi connectivity index (χ0v) is 17.7. The normalized spacial score (nSPS) is 12.1. The Morgan fingerprint density at radius 1 is 1.00 bits per heavy atom. The van der Waals surface area contributed by atoms with Crippen molar-refractivity contribution in [3.63, 3.8) is 0 Å². The number of hydrogen-bond donors (Lipinski definition) is 2. The Balaban J connectivity index is 1.71. The predicted octanol–water partition coefficient (Wildman–Crippen LogP) is 4.20. The van der Waals surface area contributed by atoms with Crippen molar-refractivity contribution in [2.45, 2.75) is 24.8 Å². The molecule has 0 aliphatic carbocycles. The highest BCUT2D eigenvalue weighted by Crippen LogP contribution is 2.21. The minimum absolute atomic E-state index is 0.194. The van der Waals surface area contributed by atoms with Gasteiger partial charge in [-0.25, -0.2) is 8.42 Å². The fourth-order valence-corrected chi connectivity index (χ4v) is 4.20. The Morgan fingerprint density at radius 2 is 1.68 bits per heavy atom. The van der Waals surface area contributed by atoms with Gasteiger partial charge in [0.2, 0.25) is 0 Å². The van der Waals surface area contributed by atoms with E-state index in [-0.39, 0.29) is 28.2 Å². The Bertz CT molecular complexity index is 1220. The minimum atomic E-state index is -4.02. The van der Waals surface area contributed by atoms with E-state index < -0.39 is 14.9 Å². The van der Waals surface area contributed by atoms with Crippen LogP contribution in [0.5, 0.6) is 0 Å². The largest absolute Gasteiger partial charge is 0.346 e. The summed E-state index contributed by atoms with van der Waals surface area (Å²) in [6, 6.07) is 18.3. The number of benzene rings is 3. The molecule has 8 nitrogen and oxygen atoms in total. The van der Waals surface area contributed by atoms with Crippen LogP contribution in [0.4, 0.5) is 11.4 Å². The van der Waals surface area contributed by atoms with E-state index in [1.54, 1.807) is 0 Å². The van der Waals surface area contributed by atoms with Crippen LogP contribution in [-0.4, -0.2) is 19.2 Å². The average molecular weight is 439 g/mol. The molecular weight excluding hydrogens is 418 g/mol. The second-order valence-electron chi connectivity index (χ2n) is 6.99. The first kappa shape index (κ1) is 22.0. The van der Waals surface area contributed by atoms with Crippen LogP contribution in [0, 0.1) is 17.0 Å². The topological polar surface area (TPSA) is 118 Å². The number of hydrogen-bond acceptors (Lipinski definition) is 5. The van der Waals surface area contributed by atoms with Gasteiger partial charge >= 0.3 is 0 Å². The first-order valence-electron chi connectivity index (χ1n) is 9.41. The number of non-ortho nitro benzene ring substituents is 1. The van der Waals surface area contributed by atoms with Gasteiger partial charge in [-0.1, -0.05) is 30.3 Å². The van der Waals surface area contributed by atoms with Gasteiger partial charge in [0.1, 0.15) is 0 Å². The van der Waals surface area contributed by atoms with Crippen molar-refractivity contribution < 1.29 is 18.1 Å². The lowest BCUT2D eigenvalue weighted by Crippen LogP contribution is -2.27. The molecule has 3 aromatic carbocycles. The molecule has 0 heterocycles. The second kappa shape index (κ2) is 8.97. The summed E-state index contributed by atoms with van der Waals surface area (Å²) < 4.78 is 27.4. The summed E-state index contributed by atoms with van der Waals surface area (Å²) in [6.07, 6.45) is 0. The van der Waals surface area contributed by atoms with Gasteiger partial charge in [0.15, 0.2) is 0 Å². The number of aryl methyl sites for hydroxylation is 1. The van der Waals surface area contributed by atoms with Crippen molar-refractivity contribution in [2.75, 3.05) is 4.72 Å². The van der Waals surface area contributed by atoms with Crippen LogP contribution >= 0.6 is 0 Å². The Labute approximate surface area is 180 Å². The molecule has 0 fully saturated rings. The van der Waals surface area contributed by atoms with Gasteiger partial charge in [-0.2, -0.15) is 0 Å². The van der Waals surface area contributed by atoms with Crippen LogP contribution in [-0.2, 0) is 10.0 Å². The molecule has 1 unspecified atom stereocenters. The number of nitrogens with zero attached hydrogens (tertiary/aromatic N) is 1. The summed E-state index contributed by atoms with van der Waals surface area (Å²) in [5.41, 5.74) is 2.37. The highest BCUT2D eigenvalue weighted by molar-refractivity contribution is 7.92. The fourth-order valence-electron chi connectivity index (χ4n) is 3.10. The lowest BCUT2D eigenvalue weighted by molar-refractivity contribution is -0.385. The molecule has 31 heavy (non-hydrogen) atoms. The van der Waals surface area contributed by atoms with Crippen molar-refractivity contribution >= 4 is 27.3 Å². The number of nitro groups is 1. The van der Waals surface area contributed by atoms with Crippen molar-refractivity contribution in [3.8, 4) is 0 Å². The molecule has 0 radical (unpaired) electrons. The summed E-state index contributed by atoms with van der Waals surface area (Å²) >= 11 is 0. The highest BCUT2D eigenvalue weighted by Gasteiger charge is 2.18. The van der Waals surface area contributed by atoms with Gasteiger partial charge in [-0.15, -0.1) is 0 Å². The van der Waals surface area contributed by atoms with E-state index in [1.807, 2.05) is 38.1 Å². The van der Waals surface area contributed by atoms with Gasteiger partial charge in [0.25, 0.3) is 21.6 Å². The van der Waals surface area contributed by atoms with E-state index in [9.17, 15) is 23.3 Å². The molecule has 0 aromatic heterocycles. The van der Waals surface area contributed by atoms with Crippen molar-refractivity contribution in [3.05, 3.63) is 99.6 Å². The number of carbonyl (C=O) groups excluding carboxylic acids is 1. The maximum Gasteiger partial charge on any atom is 0.270 e. The van der Waals surface area contributed by atoms with Gasteiger partial charge < -0.3 is 5.32 Å². The molecule has 3 aromatic rings. The zero-order valence-electron chi connectivity index (χ0n) is 16.9. The van der Waals surface area contributed by atoms with Gasteiger partial charge in [0, 0.05) is 23.4 Å². The van der Waals surface area contributed by atoms with Gasteiger partial charge in [0.05, 0.1) is 15.9 Å². The van der Waals surface area contributed by atoms with Gasteiger partial charge in [-0.3, -0.25) is 19.6 Å². The number of carbonyl (C=O) groups is 1. The molecule has 0 aliphatic heterocycles. The molecule has 2 N–H and O–H groups in total. The smallest absolute Gasteiger partial charge is 0.270 e. The van der Waals surface area contributed by atoms with Crippen LogP contribution in [0.1, 0.15) is 34.5 Å². The molecule has 3 rings (SSSR count). The SMILES string of the molecule is Cc1ccccc1C(C)NC(=O)c1ccc(NS(=O)(=O)c2cccc([N+](=O)[O-])c2)cc1. The number of amides is 1. The number of anilines is 1. The quantitative estimate of drug-likeness (QED) is 0.423. The third-order valence-corrected chi connectivity index (χ3v) is 6.12. The zero-order chi connectivity index (χ0) is 22.6. The van der Waals surface area contributed by atoms with Crippen LogP contribution in [0.25, 0.3) is 0 Å². The minimum Gasteiger partial charge on any atom is -0.346 e. The van der Waals surface area contributed by atoms with E-state index >= 15 is 0 Å². The van der Waals surface area contributed by atoms with Crippen molar-refractivity contribution in [1.82, 2.24) is 5.32 Å². The summed E-state index contributed by atoms with van der Waals surface area (Å²) in [6.45, 7) is 3.86. The Morgan fingerprint density at radius 3 is 2.32 bits per heavy atom. The molecule has 0 saturated heterocycles. The van der Waals surface area contributed by atoms with Crippen LogP contribution < -0.4 is 10.0 Å². The average Bonchev–Trinajstić information content (AvgIpc) is 2.74. The number of nitro benzene ring substituents is 1. The van der Waals surface area contributed by atoms with Crippen molar-refractivity contribution in [2.24, 2.45) is 0 Å². The lowest BCUT2D eigenvalue weighted by atomic mass is 10.0. The fraction of sp³-hybridized carbons (Fsp3) is 0.136. The molecule has 0 spiro atoms. The maximum atomic E-state index is 12.5. The lowest BCUT2D eigenvalue weighted by Gasteiger charge is -2.16. The third-order valence-electron chi connectivity index (χ3n) is 4.74. The van der Waals surface area contributed by atoms with Crippen LogP contribution in [0.3, 0.4) is 0 Å². The first-order valence-corrected chi connectivity index (χ1v) is 10.9. The monoisotopic (exact) mass is 439 g/mol. The maximum absolute atomic E-state index is 12.5. The summed E-state index contributed by atoms with van der Waals surface area (Å²) in [5.74, 6) is -0.288. The van der Waals surface area contributed by atoms with Crippen molar-refractivity contribution in [1.29, 1.82) is 0 Å². The van der Waals surface area contributed by atoms with Crippen LogP contribution in [0.15, 0.2) is 77.7 Å². The molecule has 1 atom stereocenters. The Hall–Kier alpha value is -3.72. The third kappa shape index (κ3) is 5.26. The molecular formula is C22H21N3O5S. The summed E-state index contributed by atoms with van der Waals surface area (Å²) in [4.78, 5) is 22.5. The van der Waals surface area contributed by atoms with E-state index in [0.29, 0.717) is 5.56 Å². The molecule has 160 valence electrons. The first-order chi connectivity index (χ1) is 14.7. The predicted molar refractivity (Wildman–Crippen MR) is 117 cm³/mol. The number of nitrogens with one attached hydrogen (secondary N) is 2. The van der Waals surface area contributed by atoms with Crippen LogP contribution in [0.2, 0.25) is 0 Å². The molecule has 0 bridgehead atoms.